The highest BCUT2D eigenvalue weighted by atomic mass is 28.3. The normalized spacial score (nSPS) is 11.1. The summed E-state index contributed by atoms with van der Waals surface area (Å²) in [6.07, 6.45) is 0. The maximum Gasteiger partial charge on any atom is 0.123 e. The first-order chi connectivity index (χ1) is 9.25. The number of fused-ring (bicyclic) bond motifs is 1. The van der Waals surface area contributed by atoms with Gasteiger partial charge in [-0.3, -0.25) is 0 Å². The summed E-state index contributed by atoms with van der Waals surface area (Å²) in [6.45, 7) is 2.22. The van der Waals surface area contributed by atoms with Gasteiger partial charge >= 0.3 is 0 Å². The maximum atomic E-state index is 13.4. The molecule has 19 heavy (non-hydrogen) atoms. The first kappa shape index (κ1) is 12.1. The van der Waals surface area contributed by atoms with Gasteiger partial charge in [0.2, 0.25) is 0 Å². The van der Waals surface area contributed by atoms with E-state index in [2.05, 4.69) is 49.0 Å². The molecule has 0 saturated carbocycles. The van der Waals surface area contributed by atoms with Crippen molar-refractivity contribution in [3.63, 3.8) is 0 Å². The lowest BCUT2D eigenvalue weighted by molar-refractivity contribution is 0.629. The zero-order chi connectivity index (χ0) is 13.2. The smallest absolute Gasteiger partial charge is 0.123 e. The van der Waals surface area contributed by atoms with Gasteiger partial charge in [0, 0.05) is 0 Å². The van der Waals surface area contributed by atoms with E-state index in [1.165, 1.54) is 22.0 Å². The fourth-order valence-electron chi connectivity index (χ4n) is 2.43. The first-order valence-corrected chi connectivity index (χ1v) is 8.33. The fourth-order valence-corrected chi connectivity index (χ4v) is 4.42. The van der Waals surface area contributed by atoms with Crippen molar-refractivity contribution in [3.05, 3.63) is 72.5 Å². The molecule has 0 bridgehead atoms. The third-order valence-electron chi connectivity index (χ3n) is 3.45. The number of hydrogen-bond acceptors (Lipinski definition) is 0. The van der Waals surface area contributed by atoms with E-state index in [1.54, 1.807) is 12.1 Å². The van der Waals surface area contributed by atoms with E-state index in [0.717, 1.165) is 5.19 Å². The minimum atomic E-state index is -0.932. The lowest BCUT2D eigenvalue weighted by Crippen LogP contribution is -2.39. The molecule has 0 aliphatic heterocycles. The van der Waals surface area contributed by atoms with Crippen LogP contribution in [-0.2, 0) is 0 Å². The van der Waals surface area contributed by atoms with Crippen LogP contribution in [0.5, 0.6) is 0 Å². The lowest BCUT2D eigenvalue weighted by atomic mass is 10.1. The summed E-state index contributed by atoms with van der Waals surface area (Å²) in [4.78, 5) is 0. The van der Waals surface area contributed by atoms with Crippen LogP contribution in [0.25, 0.3) is 10.8 Å². The van der Waals surface area contributed by atoms with Crippen molar-refractivity contribution < 1.29 is 4.39 Å². The molecule has 1 radical (unpaired) electrons. The van der Waals surface area contributed by atoms with Crippen LogP contribution in [0.1, 0.15) is 0 Å². The van der Waals surface area contributed by atoms with Crippen LogP contribution in [0, 0.1) is 5.82 Å². The van der Waals surface area contributed by atoms with Crippen molar-refractivity contribution in [2.45, 2.75) is 6.55 Å². The fraction of sp³-hybridized carbons (Fsp3) is 0.0588. The molecular weight excluding hydrogens is 251 g/mol. The monoisotopic (exact) mass is 265 g/mol. The van der Waals surface area contributed by atoms with Gasteiger partial charge in [-0.25, -0.2) is 4.39 Å². The zero-order valence-electron chi connectivity index (χ0n) is 10.7. The zero-order valence-corrected chi connectivity index (χ0v) is 11.7. The van der Waals surface area contributed by atoms with Crippen molar-refractivity contribution in [3.8, 4) is 0 Å². The molecule has 0 saturated heterocycles. The standard InChI is InChI=1S/C17H14FSi/c1-19(15-9-5-8-14(18)12-15)17-11-4-7-13-6-2-3-10-16(13)17/h2-12H,1H3. The van der Waals surface area contributed by atoms with Crippen LogP contribution in [0.4, 0.5) is 4.39 Å². The SMILES string of the molecule is C[Si](c1cccc(F)c1)c1cccc2ccccc12. The minimum Gasteiger partial charge on any atom is -0.207 e. The Morgan fingerprint density at radius 3 is 2.42 bits per heavy atom. The Hall–Kier alpha value is -1.93. The van der Waals surface area contributed by atoms with Crippen molar-refractivity contribution in [1.29, 1.82) is 0 Å². The molecule has 0 aliphatic carbocycles. The van der Waals surface area contributed by atoms with E-state index >= 15 is 0 Å². The Morgan fingerprint density at radius 2 is 1.58 bits per heavy atom. The average molecular weight is 265 g/mol. The second-order valence-corrected chi connectivity index (χ2v) is 7.03. The highest BCUT2D eigenvalue weighted by molar-refractivity contribution is 6.85. The van der Waals surface area contributed by atoms with E-state index in [-0.39, 0.29) is 5.82 Å². The topological polar surface area (TPSA) is 0 Å². The number of hydrogen-bond donors (Lipinski definition) is 0. The minimum absolute atomic E-state index is 0.151. The molecular formula is C17H14FSi. The van der Waals surface area contributed by atoms with Gasteiger partial charge in [-0.05, 0) is 28.1 Å². The molecule has 0 N–H and O–H groups in total. The number of halogens is 1. The second kappa shape index (κ2) is 4.98. The Morgan fingerprint density at radius 1 is 0.842 bits per heavy atom. The van der Waals surface area contributed by atoms with E-state index in [4.69, 9.17) is 0 Å². The summed E-state index contributed by atoms with van der Waals surface area (Å²) in [5, 5.41) is 4.99. The van der Waals surface area contributed by atoms with Gasteiger partial charge in [0.1, 0.15) is 14.6 Å². The molecule has 93 valence electrons. The third kappa shape index (κ3) is 2.31. The van der Waals surface area contributed by atoms with Crippen LogP contribution in [0.2, 0.25) is 6.55 Å². The van der Waals surface area contributed by atoms with Gasteiger partial charge in [0.25, 0.3) is 0 Å². The number of benzene rings is 3. The van der Waals surface area contributed by atoms with E-state index < -0.39 is 8.80 Å². The summed E-state index contributed by atoms with van der Waals surface area (Å²) >= 11 is 0. The van der Waals surface area contributed by atoms with Gasteiger partial charge < -0.3 is 0 Å². The molecule has 2 heteroatoms. The third-order valence-corrected chi connectivity index (χ3v) is 5.87. The summed E-state index contributed by atoms with van der Waals surface area (Å²) in [5.41, 5.74) is 0. The average Bonchev–Trinajstić information content (AvgIpc) is 2.46. The lowest BCUT2D eigenvalue weighted by Gasteiger charge is -2.13. The Bertz CT molecular complexity index is 716. The maximum absolute atomic E-state index is 13.4. The van der Waals surface area contributed by atoms with Gasteiger partial charge in [-0.1, -0.05) is 66.3 Å². The predicted molar refractivity (Wildman–Crippen MR) is 81.2 cm³/mol. The Balaban J connectivity index is 2.14. The van der Waals surface area contributed by atoms with Gasteiger partial charge in [-0.15, -0.1) is 0 Å². The summed E-state index contributed by atoms with van der Waals surface area (Å²) < 4.78 is 13.4. The predicted octanol–water partition coefficient (Wildman–Crippen LogP) is 3.22. The van der Waals surface area contributed by atoms with Crippen molar-refractivity contribution in [2.75, 3.05) is 0 Å². The van der Waals surface area contributed by atoms with Crippen molar-refractivity contribution in [1.82, 2.24) is 0 Å². The molecule has 0 fully saturated rings. The van der Waals surface area contributed by atoms with Crippen molar-refractivity contribution >= 4 is 29.9 Å². The van der Waals surface area contributed by atoms with Crippen LogP contribution < -0.4 is 10.4 Å². The van der Waals surface area contributed by atoms with Gasteiger partial charge in [0.05, 0.1) is 0 Å². The molecule has 0 aromatic heterocycles. The Labute approximate surface area is 114 Å². The molecule has 3 rings (SSSR count). The largest absolute Gasteiger partial charge is 0.207 e. The summed E-state index contributed by atoms with van der Waals surface area (Å²) in [5.74, 6) is -0.151. The molecule has 0 heterocycles. The molecule has 0 aliphatic rings. The van der Waals surface area contributed by atoms with E-state index in [0.29, 0.717) is 0 Å². The van der Waals surface area contributed by atoms with E-state index in [1.807, 2.05) is 6.07 Å². The van der Waals surface area contributed by atoms with Crippen LogP contribution in [0.3, 0.4) is 0 Å². The highest BCUT2D eigenvalue weighted by Gasteiger charge is 2.13. The van der Waals surface area contributed by atoms with Crippen LogP contribution in [0.15, 0.2) is 66.7 Å². The van der Waals surface area contributed by atoms with Crippen molar-refractivity contribution in [2.24, 2.45) is 0 Å². The molecule has 0 nitrogen and oxygen atoms in total. The van der Waals surface area contributed by atoms with Crippen LogP contribution >= 0.6 is 0 Å². The molecule has 0 amide bonds. The van der Waals surface area contributed by atoms with Gasteiger partial charge in [-0.2, -0.15) is 0 Å². The molecule has 3 aromatic carbocycles. The van der Waals surface area contributed by atoms with Gasteiger partial charge in [0.15, 0.2) is 0 Å². The highest BCUT2D eigenvalue weighted by Crippen LogP contribution is 2.11. The molecule has 0 unspecified atom stereocenters. The summed E-state index contributed by atoms with van der Waals surface area (Å²) in [6, 6.07) is 21.8. The first-order valence-electron chi connectivity index (χ1n) is 6.33. The molecule has 3 aromatic rings. The quantitative estimate of drug-likeness (QED) is 0.624. The second-order valence-electron chi connectivity index (χ2n) is 4.66. The van der Waals surface area contributed by atoms with E-state index in [9.17, 15) is 4.39 Å². The summed E-state index contributed by atoms with van der Waals surface area (Å²) in [7, 11) is -0.932. The molecule has 0 atom stereocenters. The van der Waals surface area contributed by atoms with Crippen LogP contribution in [-0.4, -0.2) is 8.80 Å². The number of rotatable bonds is 2. The Kier molecular flexibility index (Phi) is 3.18. The molecule has 0 spiro atoms.